The van der Waals surface area contributed by atoms with E-state index in [0.29, 0.717) is 30.6 Å². The van der Waals surface area contributed by atoms with E-state index in [0.717, 1.165) is 0 Å². The lowest BCUT2D eigenvalue weighted by Gasteiger charge is -2.59. The zero-order valence-corrected chi connectivity index (χ0v) is 19.4. The number of amides is 1. The number of hydrogen-bond donors (Lipinski definition) is 1. The fourth-order valence-electron chi connectivity index (χ4n) is 5.36. The molecular weight excluding hydrogens is 465 g/mol. The highest BCUT2D eigenvalue weighted by molar-refractivity contribution is 5.65. The molecule has 1 N–H and O–H groups in total. The summed E-state index contributed by atoms with van der Waals surface area (Å²) in [4.78, 5) is 16.7. The minimum absolute atomic E-state index is 0.174. The molecule has 1 amide bonds. The van der Waals surface area contributed by atoms with Crippen LogP contribution in [0.15, 0.2) is 48.7 Å². The molecule has 2 heterocycles. The number of hydrogen-bond acceptors (Lipinski definition) is 5. The minimum atomic E-state index is -2.99. The Morgan fingerprint density at radius 3 is 2.46 bits per heavy atom. The van der Waals surface area contributed by atoms with E-state index in [1.54, 1.807) is 42.5 Å². The molecule has 4 unspecified atom stereocenters. The summed E-state index contributed by atoms with van der Waals surface area (Å²) in [5.74, 6) is -1.68. The number of aromatic nitrogens is 1. The molecule has 2 aliphatic rings. The van der Waals surface area contributed by atoms with Gasteiger partial charge >= 0.3 is 6.09 Å². The van der Waals surface area contributed by atoms with Gasteiger partial charge in [0.2, 0.25) is 18.7 Å². The number of ether oxygens (including phenoxy) is 3. The first-order valence-corrected chi connectivity index (χ1v) is 11.6. The fourth-order valence-corrected chi connectivity index (χ4v) is 5.36. The van der Waals surface area contributed by atoms with Gasteiger partial charge in [-0.15, -0.1) is 0 Å². The Hall–Kier alpha value is -3.01. The first-order chi connectivity index (χ1) is 16.8. The normalized spacial score (nSPS) is 22.9. The van der Waals surface area contributed by atoms with Crippen LogP contribution in [0.3, 0.4) is 0 Å². The third-order valence-corrected chi connectivity index (χ3v) is 7.23. The smallest absolute Gasteiger partial charge is 0.407 e. The second-order valence-electron chi connectivity index (χ2n) is 9.11. The number of alkyl halides is 3. The summed E-state index contributed by atoms with van der Waals surface area (Å²) in [6.07, 6.45) is -4.26. The molecule has 190 valence electrons. The standard InChI is InChI=1S/C25H29F3N2O5/c1-33-17-7-5-16(6-8-17)15-34-23(28)20(22(26)27)21-18(35-19-4-2-3-11-29-19)14-25(21)9-12-30(13-10-25)24(31)32/h2-8,11,18,20-23H,9-10,12-15H2,1H3,(H,31,32). The average Bonchev–Trinajstić information content (AvgIpc) is 2.86. The topological polar surface area (TPSA) is 81.1 Å². The van der Waals surface area contributed by atoms with Crippen LogP contribution in [0.4, 0.5) is 18.0 Å². The molecule has 1 spiro atoms. The van der Waals surface area contributed by atoms with Gasteiger partial charge in [-0.05, 0) is 48.4 Å². The highest BCUT2D eigenvalue weighted by atomic mass is 19.3. The molecular formula is C25H29F3N2O5. The van der Waals surface area contributed by atoms with Gasteiger partial charge in [0, 0.05) is 31.3 Å². The van der Waals surface area contributed by atoms with Crippen LogP contribution < -0.4 is 9.47 Å². The van der Waals surface area contributed by atoms with Crippen LogP contribution in [0, 0.1) is 17.3 Å². The van der Waals surface area contributed by atoms with Crippen LogP contribution in [-0.2, 0) is 11.3 Å². The number of methoxy groups -OCH3 is 1. The Labute approximate surface area is 201 Å². The summed E-state index contributed by atoms with van der Waals surface area (Å²) in [6, 6.07) is 11.8. The number of piperidine rings is 1. The molecule has 0 radical (unpaired) electrons. The van der Waals surface area contributed by atoms with Crippen molar-refractivity contribution in [2.45, 2.75) is 44.8 Å². The third kappa shape index (κ3) is 5.47. The Morgan fingerprint density at radius 2 is 1.89 bits per heavy atom. The van der Waals surface area contributed by atoms with Crippen LogP contribution in [-0.4, -0.2) is 60.2 Å². The number of nitrogens with zero attached hydrogens (tertiary/aromatic N) is 2. The van der Waals surface area contributed by atoms with Gasteiger partial charge < -0.3 is 24.2 Å². The number of likely N-dealkylation sites (tertiary alicyclic amines) is 1. The quantitative estimate of drug-likeness (QED) is 0.528. The molecule has 1 saturated heterocycles. The first-order valence-electron chi connectivity index (χ1n) is 11.6. The second kappa shape index (κ2) is 10.7. The fraction of sp³-hybridized carbons (Fsp3) is 0.520. The Kier molecular flexibility index (Phi) is 7.69. The van der Waals surface area contributed by atoms with Gasteiger partial charge in [0.15, 0.2) is 0 Å². The maximum absolute atomic E-state index is 15.4. The molecule has 35 heavy (non-hydrogen) atoms. The summed E-state index contributed by atoms with van der Waals surface area (Å²) in [7, 11) is 1.52. The maximum atomic E-state index is 15.4. The van der Waals surface area contributed by atoms with E-state index >= 15 is 4.39 Å². The van der Waals surface area contributed by atoms with Crippen molar-refractivity contribution < 1.29 is 37.3 Å². The van der Waals surface area contributed by atoms with Gasteiger partial charge in [0.1, 0.15) is 11.9 Å². The van der Waals surface area contributed by atoms with E-state index in [9.17, 15) is 18.7 Å². The predicted octanol–water partition coefficient (Wildman–Crippen LogP) is 5.01. The largest absolute Gasteiger partial charge is 0.497 e. The van der Waals surface area contributed by atoms with Crippen molar-refractivity contribution in [3.63, 3.8) is 0 Å². The van der Waals surface area contributed by atoms with E-state index in [-0.39, 0.29) is 25.6 Å². The van der Waals surface area contributed by atoms with Gasteiger partial charge in [-0.2, -0.15) is 0 Å². The molecule has 1 aromatic carbocycles. The van der Waals surface area contributed by atoms with Crippen molar-refractivity contribution in [2.75, 3.05) is 20.2 Å². The molecule has 10 heteroatoms. The van der Waals surface area contributed by atoms with Crippen molar-refractivity contribution in [1.82, 2.24) is 9.88 Å². The number of rotatable bonds is 9. The lowest BCUT2D eigenvalue weighted by Crippen LogP contribution is -2.63. The molecule has 1 aliphatic heterocycles. The zero-order valence-electron chi connectivity index (χ0n) is 19.4. The van der Waals surface area contributed by atoms with E-state index in [1.807, 2.05) is 0 Å². The molecule has 2 aromatic rings. The molecule has 0 bridgehead atoms. The van der Waals surface area contributed by atoms with Crippen LogP contribution in [0.2, 0.25) is 0 Å². The van der Waals surface area contributed by atoms with Gasteiger partial charge in [0.25, 0.3) is 0 Å². The second-order valence-corrected chi connectivity index (χ2v) is 9.11. The lowest BCUT2D eigenvalue weighted by atomic mass is 9.50. The molecule has 4 rings (SSSR count). The summed E-state index contributed by atoms with van der Waals surface area (Å²) < 4.78 is 60.5. The number of halogens is 3. The van der Waals surface area contributed by atoms with Crippen molar-refractivity contribution in [3.05, 3.63) is 54.2 Å². The van der Waals surface area contributed by atoms with Crippen LogP contribution in [0.1, 0.15) is 24.8 Å². The Bertz CT molecular complexity index is 971. The van der Waals surface area contributed by atoms with E-state index in [1.165, 1.54) is 18.2 Å². The summed E-state index contributed by atoms with van der Waals surface area (Å²) in [5, 5.41) is 9.29. The monoisotopic (exact) mass is 494 g/mol. The van der Waals surface area contributed by atoms with Crippen LogP contribution >= 0.6 is 0 Å². The first kappa shape index (κ1) is 25.1. The summed E-state index contributed by atoms with van der Waals surface area (Å²) >= 11 is 0. The molecule has 7 nitrogen and oxygen atoms in total. The summed E-state index contributed by atoms with van der Waals surface area (Å²) in [5.41, 5.74) is -0.0267. The Balaban J connectivity index is 1.52. The molecule has 4 atom stereocenters. The zero-order chi connectivity index (χ0) is 25.0. The van der Waals surface area contributed by atoms with Crippen molar-refractivity contribution >= 4 is 6.09 Å². The predicted molar refractivity (Wildman–Crippen MR) is 120 cm³/mol. The van der Waals surface area contributed by atoms with Gasteiger partial charge in [0.05, 0.1) is 19.6 Å². The van der Waals surface area contributed by atoms with E-state index in [4.69, 9.17) is 14.2 Å². The average molecular weight is 495 g/mol. The molecule has 1 saturated carbocycles. The van der Waals surface area contributed by atoms with Crippen LogP contribution in [0.5, 0.6) is 11.6 Å². The number of carbonyl (C=O) groups is 1. The maximum Gasteiger partial charge on any atom is 0.407 e. The highest BCUT2D eigenvalue weighted by Gasteiger charge is 2.62. The Morgan fingerprint density at radius 1 is 1.17 bits per heavy atom. The molecule has 1 aliphatic carbocycles. The number of carboxylic acid groups (broad SMARTS) is 1. The van der Waals surface area contributed by atoms with Gasteiger partial charge in [-0.25, -0.2) is 22.9 Å². The third-order valence-electron chi connectivity index (χ3n) is 7.23. The summed E-state index contributed by atoms with van der Waals surface area (Å²) in [6.45, 7) is 0.246. The SMILES string of the molecule is COc1ccc(COC(F)C(C(F)F)C2C(Oc3ccccn3)CC23CCN(C(=O)O)CC3)cc1. The van der Waals surface area contributed by atoms with E-state index < -0.39 is 42.2 Å². The number of benzene rings is 1. The van der Waals surface area contributed by atoms with E-state index in [2.05, 4.69) is 4.98 Å². The number of pyridine rings is 1. The van der Waals surface area contributed by atoms with Crippen molar-refractivity contribution in [2.24, 2.45) is 17.3 Å². The molecule has 1 aromatic heterocycles. The molecule has 2 fully saturated rings. The highest BCUT2D eigenvalue weighted by Crippen LogP contribution is 2.59. The van der Waals surface area contributed by atoms with Crippen molar-refractivity contribution in [1.29, 1.82) is 0 Å². The van der Waals surface area contributed by atoms with Crippen molar-refractivity contribution in [3.8, 4) is 11.6 Å². The minimum Gasteiger partial charge on any atom is -0.497 e. The van der Waals surface area contributed by atoms with Gasteiger partial charge in [-0.1, -0.05) is 18.2 Å². The van der Waals surface area contributed by atoms with Gasteiger partial charge in [-0.3, -0.25) is 0 Å². The van der Waals surface area contributed by atoms with Crippen LogP contribution in [0.25, 0.3) is 0 Å². The lowest BCUT2D eigenvalue weighted by molar-refractivity contribution is -0.226.